The topological polar surface area (TPSA) is 92.3 Å². The maximum absolute atomic E-state index is 12.3. The van der Waals surface area contributed by atoms with Gasteiger partial charge in [0.15, 0.2) is 0 Å². The van der Waals surface area contributed by atoms with E-state index in [1.807, 2.05) is 48.5 Å². The second-order valence-electron chi connectivity index (χ2n) is 8.15. The molecular weight excluding hydrogens is 474 g/mol. The van der Waals surface area contributed by atoms with Gasteiger partial charge in [-0.15, -0.1) is 0 Å². The maximum atomic E-state index is 12.3. The maximum Gasteiger partial charge on any atom is 0.412 e. The smallest absolute Gasteiger partial charge is 0.412 e. The monoisotopic (exact) mass is 507 g/mol. The quantitative estimate of drug-likeness (QED) is 0.181. The van der Waals surface area contributed by atoms with Crippen molar-refractivity contribution in [2.24, 2.45) is 0 Å². The zero-order valence-corrected chi connectivity index (χ0v) is 21.1. The number of ether oxygens (including phenoxy) is 5. The Morgan fingerprint density at radius 3 is 2.14 bits per heavy atom. The summed E-state index contributed by atoms with van der Waals surface area (Å²) in [6.45, 7) is 7.36. The van der Waals surface area contributed by atoms with Crippen LogP contribution in [0.5, 0.6) is 11.5 Å². The first-order valence-electron chi connectivity index (χ1n) is 12.2. The Morgan fingerprint density at radius 2 is 1.41 bits per heavy atom. The fourth-order valence-corrected chi connectivity index (χ4v) is 3.39. The average molecular weight is 508 g/mol. The molecule has 8 heteroatoms. The summed E-state index contributed by atoms with van der Waals surface area (Å²) >= 11 is 0. The molecule has 0 saturated heterocycles. The molecule has 0 aliphatic rings. The molecule has 0 unspecified atom stereocenters. The van der Waals surface area contributed by atoms with Crippen LogP contribution in [0.2, 0.25) is 0 Å². The van der Waals surface area contributed by atoms with Crippen LogP contribution in [0.15, 0.2) is 78.9 Å². The predicted molar refractivity (Wildman–Crippen MR) is 141 cm³/mol. The molecule has 0 heterocycles. The zero-order chi connectivity index (χ0) is 26.3. The molecule has 0 bridgehead atoms. The van der Waals surface area contributed by atoms with Crippen LogP contribution < -0.4 is 14.8 Å². The molecular formula is C29H33NO7. The van der Waals surface area contributed by atoms with Crippen LogP contribution in [0, 0.1) is 0 Å². The summed E-state index contributed by atoms with van der Waals surface area (Å²) in [5, 5.41) is 4.34. The number of hydrogen-bond donors (Lipinski definition) is 1. The molecule has 0 aliphatic heterocycles. The van der Waals surface area contributed by atoms with Gasteiger partial charge >= 0.3 is 12.1 Å². The second-order valence-corrected chi connectivity index (χ2v) is 8.15. The highest BCUT2D eigenvalue weighted by atomic mass is 16.6. The van der Waals surface area contributed by atoms with Gasteiger partial charge in [0.05, 0.1) is 33.0 Å². The van der Waals surface area contributed by atoms with Gasteiger partial charge in [-0.3, -0.25) is 0 Å². The Morgan fingerprint density at radius 1 is 0.757 bits per heavy atom. The van der Waals surface area contributed by atoms with Crippen LogP contribution >= 0.6 is 0 Å². The average Bonchev–Trinajstić information content (AvgIpc) is 2.90. The minimum Gasteiger partial charge on any atom is -0.493 e. The van der Waals surface area contributed by atoms with Gasteiger partial charge in [0.2, 0.25) is 0 Å². The number of nitrogens with one attached hydrogen (secondary N) is 1. The number of hydrogen-bond acceptors (Lipinski definition) is 7. The third kappa shape index (κ3) is 9.59. The first kappa shape index (κ1) is 27.7. The number of fused-ring (bicyclic) bond motifs is 1. The number of carbonyl (C=O) groups excluding carboxylic acids is 2. The summed E-state index contributed by atoms with van der Waals surface area (Å²) in [5.41, 5.74) is 1.56. The van der Waals surface area contributed by atoms with Crippen molar-refractivity contribution < 1.29 is 33.3 Å². The van der Waals surface area contributed by atoms with E-state index >= 15 is 0 Å². The molecule has 0 spiro atoms. The molecule has 1 N–H and O–H groups in total. The Labute approximate surface area is 217 Å². The minimum absolute atomic E-state index is 0.161. The Bertz CT molecular complexity index is 1160. The number of esters is 1. The summed E-state index contributed by atoms with van der Waals surface area (Å²) in [6, 6.07) is 21.4. The van der Waals surface area contributed by atoms with Crippen molar-refractivity contribution in [1.82, 2.24) is 5.32 Å². The van der Waals surface area contributed by atoms with Crippen molar-refractivity contribution in [3.05, 3.63) is 84.4 Å². The standard InChI is InChI=1S/C29H33NO7/c1-22(2)28(31)36-21-20-34-19-18-33-17-15-30-29(32)37-27-13-7-10-24-25(27)11-6-12-26(24)35-16-14-23-8-4-3-5-9-23/h3-13H,1,14-21H2,2H3,(H,30,32). The molecule has 0 radical (unpaired) electrons. The van der Waals surface area contributed by atoms with E-state index < -0.39 is 12.1 Å². The summed E-state index contributed by atoms with van der Waals surface area (Å²) in [6.07, 6.45) is 0.233. The van der Waals surface area contributed by atoms with E-state index in [9.17, 15) is 9.59 Å². The highest BCUT2D eigenvalue weighted by Gasteiger charge is 2.10. The number of carbonyl (C=O) groups is 2. The molecule has 0 aromatic heterocycles. The van der Waals surface area contributed by atoms with E-state index in [2.05, 4.69) is 24.0 Å². The number of amides is 1. The van der Waals surface area contributed by atoms with Crippen LogP contribution in [-0.2, 0) is 25.4 Å². The van der Waals surface area contributed by atoms with E-state index in [1.165, 1.54) is 5.56 Å². The van der Waals surface area contributed by atoms with Gasteiger partial charge in [0.25, 0.3) is 0 Å². The van der Waals surface area contributed by atoms with E-state index in [-0.39, 0.29) is 19.8 Å². The van der Waals surface area contributed by atoms with Crippen LogP contribution in [0.1, 0.15) is 12.5 Å². The largest absolute Gasteiger partial charge is 0.493 e. The molecule has 8 nitrogen and oxygen atoms in total. The molecule has 37 heavy (non-hydrogen) atoms. The van der Waals surface area contributed by atoms with Crippen molar-refractivity contribution in [2.45, 2.75) is 13.3 Å². The van der Waals surface area contributed by atoms with Crippen molar-refractivity contribution in [3.63, 3.8) is 0 Å². The van der Waals surface area contributed by atoms with Gasteiger partial charge in [0, 0.05) is 29.3 Å². The molecule has 196 valence electrons. The van der Waals surface area contributed by atoms with Gasteiger partial charge < -0.3 is 29.0 Å². The van der Waals surface area contributed by atoms with E-state index in [0.29, 0.717) is 37.8 Å². The zero-order valence-electron chi connectivity index (χ0n) is 21.1. The SMILES string of the molecule is C=C(C)C(=O)OCCOCCOCCNC(=O)Oc1cccc2c(OCCc3ccccc3)cccc12. The fraction of sp³-hybridized carbons (Fsp3) is 0.310. The summed E-state index contributed by atoms with van der Waals surface area (Å²) < 4.78 is 27.2. The first-order chi connectivity index (χ1) is 18.0. The normalized spacial score (nSPS) is 10.6. The van der Waals surface area contributed by atoms with Gasteiger partial charge in [0.1, 0.15) is 18.1 Å². The third-order valence-electron chi connectivity index (χ3n) is 5.23. The molecule has 3 rings (SSSR count). The van der Waals surface area contributed by atoms with E-state index in [1.54, 1.807) is 13.0 Å². The lowest BCUT2D eigenvalue weighted by molar-refractivity contribution is -0.140. The summed E-state index contributed by atoms with van der Waals surface area (Å²) in [5.74, 6) is 0.753. The number of benzene rings is 3. The Hall–Kier alpha value is -3.88. The number of rotatable bonds is 15. The van der Waals surface area contributed by atoms with Gasteiger partial charge in [-0.2, -0.15) is 0 Å². The van der Waals surface area contributed by atoms with Crippen molar-refractivity contribution in [2.75, 3.05) is 46.2 Å². The van der Waals surface area contributed by atoms with Crippen LogP contribution in [-0.4, -0.2) is 58.2 Å². The lowest BCUT2D eigenvalue weighted by atomic mass is 10.1. The molecule has 0 aliphatic carbocycles. The highest BCUT2D eigenvalue weighted by molar-refractivity contribution is 5.94. The minimum atomic E-state index is -0.568. The van der Waals surface area contributed by atoms with Crippen molar-refractivity contribution in [3.8, 4) is 11.5 Å². The van der Waals surface area contributed by atoms with E-state index in [0.717, 1.165) is 22.9 Å². The third-order valence-corrected chi connectivity index (χ3v) is 5.23. The second kappa shape index (κ2) is 15.3. The Balaban J connectivity index is 1.35. The van der Waals surface area contributed by atoms with Gasteiger partial charge in [-0.25, -0.2) is 9.59 Å². The fourth-order valence-electron chi connectivity index (χ4n) is 3.39. The molecule has 3 aromatic rings. The van der Waals surface area contributed by atoms with E-state index in [4.69, 9.17) is 23.7 Å². The molecule has 0 fully saturated rings. The van der Waals surface area contributed by atoms with Crippen LogP contribution in [0.25, 0.3) is 10.8 Å². The van der Waals surface area contributed by atoms with Crippen molar-refractivity contribution in [1.29, 1.82) is 0 Å². The molecule has 1 amide bonds. The lowest BCUT2D eigenvalue weighted by Gasteiger charge is -2.13. The Kier molecular flexibility index (Phi) is 11.4. The summed E-state index contributed by atoms with van der Waals surface area (Å²) in [4.78, 5) is 23.5. The predicted octanol–water partition coefficient (Wildman–Crippen LogP) is 4.70. The van der Waals surface area contributed by atoms with Crippen LogP contribution in [0.4, 0.5) is 4.79 Å². The molecule has 0 atom stereocenters. The highest BCUT2D eigenvalue weighted by Crippen LogP contribution is 2.32. The summed E-state index contributed by atoms with van der Waals surface area (Å²) in [7, 11) is 0. The van der Waals surface area contributed by atoms with Gasteiger partial charge in [-0.05, 0) is 24.6 Å². The lowest BCUT2D eigenvalue weighted by Crippen LogP contribution is -2.30. The first-order valence-corrected chi connectivity index (χ1v) is 12.2. The van der Waals surface area contributed by atoms with Crippen molar-refractivity contribution >= 4 is 22.8 Å². The molecule has 0 saturated carbocycles. The van der Waals surface area contributed by atoms with Crippen LogP contribution in [0.3, 0.4) is 0 Å². The van der Waals surface area contributed by atoms with Gasteiger partial charge in [-0.1, -0.05) is 61.2 Å². The molecule has 3 aromatic carbocycles.